The number of phenolic OH excluding ortho intramolecular Hbond substituents is 1. The number of rotatable bonds is 4. The number of aliphatic hydroxyl groups is 1. The maximum absolute atomic E-state index is 11.5. The summed E-state index contributed by atoms with van der Waals surface area (Å²) in [5.41, 5.74) is 0.381. The summed E-state index contributed by atoms with van der Waals surface area (Å²) in [4.78, 5) is 11.5. The van der Waals surface area contributed by atoms with Crippen molar-refractivity contribution in [2.24, 2.45) is 0 Å². The van der Waals surface area contributed by atoms with Gasteiger partial charge in [0.25, 0.3) is 0 Å². The molecule has 0 saturated heterocycles. The summed E-state index contributed by atoms with van der Waals surface area (Å²) in [6.07, 6.45) is 1.16. The number of aromatic hydroxyl groups is 1. The highest BCUT2D eigenvalue weighted by molar-refractivity contribution is 5.27. The molecule has 0 aliphatic carbocycles. The fourth-order valence-electron chi connectivity index (χ4n) is 1.43. The molecule has 0 spiro atoms. The lowest BCUT2D eigenvalue weighted by molar-refractivity contribution is 0.236. The standard InChI is InChI=1S/C13H12O5/c14-6-11-5-12(16)13(8-17-11)18-7-9-2-1-3-10(15)4-9/h1-5,8,14-15H,6-7H2. The lowest BCUT2D eigenvalue weighted by Gasteiger charge is -2.05. The van der Waals surface area contributed by atoms with Crippen LogP contribution in [-0.4, -0.2) is 10.2 Å². The van der Waals surface area contributed by atoms with Gasteiger partial charge in [0.1, 0.15) is 31.0 Å². The lowest BCUT2D eigenvalue weighted by Crippen LogP contribution is -2.07. The van der Waals surface area contributed by atoms with E-state index >= 15 is 0 Å². The number of phenols is 1. The van der Waals surface area contributed by atoms with Crippen molar-refractivity contribution in [3.63, 3.8) is 0 Å². The molecule has 0 amide bonds. The molecule has 0 atom stereocenters. The third kappa shape index (κ3) is 2.89. The highest BCUT2D eigenvalue weighted by Crippen LogP contribution is 2.13. The van der Waals surface area contributed by atoms with E-state index in [2.05, 4.69) is 0 Å². The summed E-state index contributed by atoms with van der Waals surface area (Å²) in [6.45, 7) is -0.181. The first-order chi connectivity index (χ1) is 8.69. The molecule has 18 heavy (non-hydrogen) atoms. The fourth-order valence-corrected chi connectivity index (χ4v) is 1.43. The van der Waals surface area contributed by atoms with Crippen LogP contribution in [0.4, 0.5) is 0 Å². The SMILES string of the molecule is O=c1cc(CO)occ1OCc1cccc(O)c1. The third-order valence-corrected chi connectivity index (χ3v) is 2.31. The maximum atomic E-state index is 11.5. The number of benzene rings is 1. The molecule has 0 radical (unpaired) electrons. The van der Waals surface area contributed by atoms with Crippen LogP contribution in [0.1, 0.15) is 11.3 Å². The molecule has 94 valence electrons. The minimum atomic E-state index is -0.356. The Balaban J connectivity index is 2.09. The number of hydrogen-bond donors (Lipinski definition) is 2. The Labute approximate surface area is 103 Å². The van der Waals surface area contributed by atoms with Gasteiger partial charge in [-0.25, -0.2) is 0 Å². The topological polar surface area (TPSA) is 79.9 Å². The minimum absolute atomic E-state index is 0.0653. The zero-order valence-corrected chi connectivity index (χ0v) is 9.50. The summed E-state index contributed by atoms with van der Waals surface area (Å²) in [7, 11) is 0. The van der Waals surface area contributed by atoms with E-state index in [4.69, 9.17) is 14.3 Å². The van der Waals surface area contributed by atoms with Crippen molar-refractivity contribution in [2.75, 3.05) is 0 Å². The van der Waals surface area contributed by atoms with Gasteiger partial charge in [-0.3, -0.25) is 4.79 Å². The second kappa shape index (κ2) is 5.37. The van der Waals surface area contributed by atoms with E-state index in [0.29, 0.717) is 0 Å². The van der Waals surface area contributed by atoms with Gasteiger partial charge in [-0.05, 0) is 17.7 Å². The average Bonchev–Trinajstić information content (AvgIpc) is 2.37. The first-order valence-corrected chi connectivity index (χ1v) is 5.32. The van der Waals surface area contributed by atoms with Crippen LogP contribution in [0.15, 0.2) is 45.8 Å². The monoisotopic (exact) mass is 248 g/mol. The summed E-state index contributed by atoms with van der Waals surface area (Å²) < 4.78 is 10.3. The third-order valence-electron chi connectivity index (χ3n) is 2.31. The van der Waals surface area contributed by atoms with Gasteiger partial charge in [0.15, 0.2) is 0 Å². The molecule has 5 heteroatoms. The molecule has 1 aromatic heterocycles. The van der Waals surface area contributed by atoms with Gasteiger partial charge in [-0.2, -0.15) is 0 Å². The Kier molecular flexibility index (Phi) is 3.64. The van der Waals surface area contributed by atoms with E-state index in [0.717, 1.165) is 11.8 Å². The van der Waals surface area contributed by atoms with Gasteiger partial charge in [-0.1, -0.05) is 12.1 Å². The quantitative estimate of drug-likeness (QED) is 0.855. The second-order valence-corrected chi connectivity index (χ2v) is 3.69. The summed E-state index contributed by atoms with van der Waals surface area (Å²) in [5, 5.41) is 18.1. The molecule has 1 aromatic carbocycles. The van der Waals surface area contributed by atoms with Gasteiger partial charge in [0.2, 0.25) is 11.2 Å². The van der Waals surface area contributed by atoms with Crippen LogP contribution >= 0.6 is 0 Å². The molecule has 1 heterocycles. The maximum Gasteiger partial charge on any atom is 0.227 e. The van der Waals surface area contributed by atoms with Crippen molar-refractivity contribution >= 4 is 0 Å². The molecule has 0 aliphatic rings. The van der Waals surface area contributed by atoms with Crippen LogP contribution in [0.2, 0.25) is 0 Å². The number of aliphatic hydroxyl groups excluding tert-OH is 1. The fraction of sp³-hybridized carbons (Fsp3) is 0.154. The molecule has 0 aliphatic heterocycles. The molecule has 0 unspecified atom stereocenters. The van der Waals surface area contributed by atoms with Crippen LogP contribution in [0.25, 0.3) is 0 Å². The van der Waals surface area contributed by atoms with Crippen LogP contribution in [0.3, 0.4) is 0 Å². The highest BCUT2D eigenvalue weighted by atomic mass is 16.5. The van der Waals surface area contributed by atoms with E-state index in [-0.39, 0.29) is 35.9 Å². The van der Waals surface area contributed by atoms with E-state index in [1.165, 1.54) is 6.07 Å². The van der Waals surface area contributed by atoms with E-state index < -0.39 is 0 Å². The van der Waals surface area contributed by atoms with E-state index in [1.54, 1.807) is 24.3 Å². The molecule has 0 saturated carbocycles. The molecule has 2 N–H and O–H groups in total. The van der Waals surface area contributed by atoms with E-state index in [1.807, 2.05) is 0 Å². The van der Waals surface area contributed by atoms with Crippen molar-refractivity contribution in [3.8, 4) is 11.5 Å². The van der Waals surface area contributed by atoms with Crippen molar-refractivity contribution in [1.82, 2.24) is 0 Å². The molecule has 2 aromatic rings. The van der Waals surface area contributed by atoms with Gasteiger partial charge in [-0.15, -0.1) is 0 Å². The number of ether oxygens (including phenoxy) is 1. The second-order valence-electron chi connectivity index (χ2n) is 3.69. The highest BCUT2D eigenvalue weighted by Gasteiger charge is 2.04. The first-order valence-electron chi connectivity index (χ1n) is 5.32. The van der Waals surface area contributed by atoms with Crippen molar-refractivity contribution in [2.45, 2.75) is 13.2 Å². The predicted octanol–water partition coefficient (Wildman–Crippen LogP) is 1.42. The predicted molar refractivity (Wildman–Crippen MR) is 63.3 cm³/mol. The summed E-state index contributed by atoms with van der Waals surface area (Å²) in [6, 6.07) is 7.73. The summed E-state index contributed by atoms with van der Waals surface area (Å²) in [5.74, 6) is 0.388. The smallest absolute Gasteiger partial charge is 0.227 e. The Hall–Kier alpha value is -2.27. The van der Waals surface area contributed by atoms with E-state index in [9.17, 15) is 9.90 Å². The largest absolute Gasteiger partial charge is 0.508 e. The molecular formula is C13H12O5. The van der Waals surface area contributed by atoms with Crippen molar-refractivity contribution in [3.05, 3.63) is 58.1 Å². The zero-order chi connectivity index (χ0) is 13.0. The first kappa shape index (κ1) is 12.2. The Morgan fingerprint density at radius 3 is 2.78 bits per heavy atom. The Morgan fingerprint density at radius 2 is 2.11 bits per heavy atom. The minimum Gasteiger partial charge on any atom is -0.508 e. The van der Waals surface area contributed by atoms with Crippen LogP contribution in [0.5, 0.6) is 11.5 Å². The lowest BCUT2D eigenvalue weighted by atomic mass is 10.2. The Bertz CT molecular complexity index is 588. The average molecular weight is 248 g/mol. The molecule has 0 fully saturated rings. The molecule has 0 bridgehead atoms. The zero-order valence-electron chi connectivity index (χ0n) is 9.50. The van der Waals surface area contributed by atoms with Crippen LogP contribution < -0.4 is 10.2 Å². The molecular weight excluding hydrogens is 236 g/mol. The molecule has 2 rings (SSSR count). The van der Waals surface area contributed by atoms with Crippen LogP contribution in [0, 0.1) is 0 Å². The van der Waals surface area contributed by atoms with Crippen molar-refractivity contribution in [1.29, 1.82) is 0 Å². The van der Waals surface area contributed by atoms with Gasteiger partial charge >= 0.3 is 0 Å². The van der Waals surface area contributed by atoms with Crippen LogP contribution in [-0.2, 0) is 13.2 Å². The van der Waals surface area contributed by atoms with Gasteiger partial charge in [0.05, 0.1) is 0 Å². The Morgan fingerprint density at radius 1 is 1.28 bits per heavy atom. The normalized spacial score (nSPS) is 10.3. The van der Waals surface area contributed by atoms with Gasteiger partial charge < -0.3 is 19.4 Å². The molecule has 5 nitrogen and oxygen atoms in total. The van der Waals surface area contributed by atoms with Gasteiger partial charge in [0, 0.05) is 6.07 Å². The number of hydrogen-bond acceptors (Lipinski definition) is 5. The summed E-state index contributed by atoms with van der Waals surface area (Å²) >= 11 is 0. The van der Waals surface area contributed by atoms with Crippen molar-refractivity contribution < 1.29 is 19.4 Å².